The van der Waals surface area contributed by atoms with Gasteiger partial charge in [-0.05, 0) is 125 Å². The summed E-state index contributed by atoms with van der Waals surface area (Å²) in [5.41, 5.74) is 1.00. The summed E-state index contributed by atoms with van der Waals surface area (Å²) in [4.78, 5) is 5.46. The summed E-state index contributed by atoms with van der Waals surface area (Å²) in [7, 11) is 4.20. The van der Waals surface area contributed by atoms with Crippen molar-refractivity contribution in [1.29, 1.82) is 0 Å². The SMILES string of the molecule is C1=CN(C23CC4CC(CC(C4)C2)C3)[CH-]N1C12CC3CC(CC(C3)C1)C2.[Cl][Cu+]. The van der Waals surface area contributed by atoms with E-state index < -0.39 is 0 Å². The average molecular weight is 437 g/mol. The van der Waals surface area contributed by atoms with Crippen molar-refractivity contribution in [2.24, 2.45) is 35.5 Å². The second-order valence-electron chi connectivity index (χ2n) is 11.5. The van der Waals surface area contributed by atoms with Crippen LogP contribution >= 0.6 is 10.1 Å². The van der Waals surface area contributed by atoms with E-state index >= 15 is 0 Å². The molecule has 0 saturated heterocycles. The van der Waals surface area contributed by atoms with E-state index in [1.54, 1.807) is 38.5 Å². The third-order valence-corrected chi connectivity index (χ3v) is 9.74. The molecule has 0 aromatic rings. The van der Waals surface area contributed by atoms with E-state index in [9.17, 15) is 0 Å². The molecule has 153 valence electrons. The van der Waals surface area contributed by atoms with E-state index in [1.165, 1.54) is 38.5 Å². The van der Waals surface area contributed by atoms with Gasteiger partial charge in [-0.15, -0.1) is 0 Å². The molecule has 2 nitrogen and oxygen atoms in total. The zero-order valence-electron chi connectivity index (χ0n) is 16.3. The van der Waals surface area contributed by atoms with Gasteiger partial charge in [0.05, 0.1) is 0 Å². The zero-order valence-corrected chi connectivity index (χ0v) is 18.0. The van der Waals surface area contributed by atoms with Crippen LogP contribution in [-0.4, -0.2) is 20.9 Å². The summed E-state index contributed by atoms with van der Waals surface area (Å²) in [6, 6.07) is 0. The first-order valence-corrected chi connectivity index (χ1v) is 12.7. The number of hydrogen-bond donors (Lipinski definition) is 0. The molecule has 0 aromatic heterocycles. The fraction of sp³-hybridized carbons (Fsp3) is 0.870. The fourth-order valence-corrected chi connectivity index (χ4v) is 9.68. The van der Waals surface area contributed by atoms with Crippen LogP contribution in [-0.2, 0) is 15.1 Å². The molecule has 27 heavy (non-hydrogen) atoms. The summed E-state index contributed by atoms with van der Waals surface area (Å²) >= 11 is 3.66. The van der Waals surface area contributed by atoms with Crippen LogP contribution in [0.4, 0.5) is 0 Å². The molecule has 8 saturated carbocycles. The van der Waals surface area contributed by atoms with Crippen LogP contribution in [0.5, 0.6) is 0 Å². The molecule has 8 aliphatic carbocycles. The van der Waals surface area contributed by atoms with Crippen LogP contribution in [0.2, 0.25) is 0 Å². The first kappa shape index (κ1) is 18.0. The molecule has 1 aliphatic heterocycles. The van der Waals surface area contributed by atoms with E-state index in [1.807, 2.05) is 0 Å². The molecule has 0 N–H and O–H groups in total. The van der Waals surface area contributed by atoms with E-state index in [2.05, 4.69) is 54.1 Å². The molecular weight excluding hydrogens is 403 g/mol. The molecule has 9 aliphatic rings. The van der Waals surface area contributed by atoms with Crippen molar-refractivity contribution in [3.63, 3.8) is 0 Å². The fourth-order valence-electron chi connectivity index (χ4n) is 9.68. The normalized spacial score (nSPS) is 53.9. The maximum atomic E-state index is 4.20. The number of halogens is 1. The molecule has 8 fully saturated rings. The van der Waals surface area contributed by atoms with Gasteiger partial charge < -0.3 is 9.80 Å². The molecule has 0 unspecified atom stereocenters. The van der Waals surface area contributed by atoms with Crippen LogP contribution in [0, 0.1) is 42.2 Å². The zero-order chi connectivity index (χ0) is 18.2. The van der Waals surface area contributed by atoms with Crippen molar-refractivity contribution >= 4 is 10.1 Å². The Balaban J connectivity index is 0.000000710. The van der Waals surface area contributed by atoms with Crippen LogP contribution in [0.3, 0.4) is 0 Å². The van der Waals surface area contributed by atoms with Crippen molar-refractivity contribution in [3.05, 3.63) is 19.1 Å². The Morgan fingerprint density at radius 3 is 1.11 bits per heavy atom. The van der Waals surface area contributed by atoms with E-state index in [0.29, 0.717) is 11.1 Å². The van der Waals surface area contributed by atoms with E-state index in [4.69, 9.17) is 0 Å². The Hall–Kier alpha value is 0.149. The van der Waals surface area contributed by atoms with Crippen LogP contribution in [0.1, 0.15) is 77.0 Å². The summed E-state index contributed by atoms with van der Waals surface area (Å²) in [5.74, 6) is 6.26. The number of hydrogen-bond acceptors (Lipinski definition) is 2. The summed E-state index contributed by atoms with van der Waals surface area (Å²) in [5, 5.41) is 0. The molecule has 0 spiro atoms. The van der Waals surface area contributed by atoms with Gasteiger partial charge in [0.15, 0.2) is 0 Å². The minimum absolute atomic E-state index is 0.502. The quantitative estimate of drug-likeness (QED) is 0.398. The van der Waals surface area contributed by atoms with Crippen LogP contribution in [0.15, 0.2) is 12.4 Å². The Kier molecular flexibility index (Phi) is 4.21. The predicted octanol–water partition coefficient (Wildman–Crippen LogP) is 5.82. The van der Waals surface area contributed by atoms with Gasteiger partial charge in [0, 0.05) is 11.1 Å². The van der Waals surface area contributed by atoms with Crippen molar-refractivity contribution < 1.29 is 15.1 Å². The third kappa shape index (κ3) is 2.70. The van der Waals surface area contributed by atoms with Gasteiger partial charge in [-0.25, -0.2) is 0 Å². The van der Waals surface area contributed by atoms with Gasteiger partial charge in [0.1, 0.15) is 0 Å². The van der Waals surface area contributed by atoms with Gasteiger partial charge in [-0.2, -0.15) is 6.67 Å². The second kappa shape index (κ2) is 6.32. The molecular formula is C23H33ClCuN2. The topological polar surface area (TPSA) is 6.48 Å². The first-order valence-electron chi connectivity index (χ1n) is 11.4. The third-order valence-electron chi connectivity index (χ3n) is 9.74. The van der Waals surface area contributed by atoms with Gasteiger partial charge in [0.2, 0.25) is 0 Å². The monoisotopic (exact) mass is 435 g/mol. The Labute approximate surface area is 177 Å². The molecule has 8 bridgehead atoms. The minimum atomic E-state index is 0.502. The number of rotatable bonds is 2. The van der Waals surface area contributed by atoms with Crippen molar-refractivity contribution in [2.75, 3.05) is 0 Å². The van der Waals surface area contributed by atoms with E-state index in [-0.39, 0.29) is 0 Å². The van der Waals surface area contributed by atoms with Crippen molar-refractivity contribution in [3.8, 4) is 0 Å². The van der Waals surface area contributed by atoms with Crippen molar-refractivity contribution in [2.45, 2.75) is 88.1 Å². The molecule has 0 amide bonds. The maximum absolute atomic E-state index is 4.20. The molecule has 0 aromatic carbocycles. The van der Waals surface area contributed by atoms with E-state index in [0.717, 1.165) is 35.5 Å². The number of nitrogens with zero attached hydrogens (tertiary/aromatic N) is 2. The molecule has 4 heteroatoms. The van der Waals surface area contributed by atoms with Gasteiger partial charge >= 0.3 is 25.2 Å². The van der Waals surface area contributed by atoms with Gasteiger partial charge in [-0.1, -0.05) is 0 Å². The van der Waals surface area contributed by atoms with Crippen LogP contribution in [0.25, 0.3) is 0 Å². The van der Waals surface area contributed by atoms with Gasteiger partial charge in [0.25, 0.3) is 0 Å². The summed E-state index contributed by atoms with van der Waals surface area (Å²) in [6.45, 7) is 2.60. The molecule has 1 heterocycles. The molecule has 0 atom stereocenters. The Morgan fingerprint density at radius 2 is 0.852 bits per heavy atom. The molecule has 0 radical (unpaired) electrons. The average Bonchev–Trinajstić information content (AvgIpc) is 3.13. The Bertz CT molecular complexity index is 509. The summed E-state index contributed by atoms with van der Waals surface area (Å²) < 4.78 is 0. The van der Waals surface area contributed by atoms with Gasteiger partial charge in [-0.3, -0.25) is 0 Å². The first-order chi connectivity index (χ1) is 13.2. The molecule has 9 rings (SSSR count). The van der Waals surface area contributed by atoms with Crippen molar-refractivity contribution in [1.82, 2.24) is 9.80 Å². The second-order valence-corrected chi connectivity index (χ2v) is 11.5. The van der Waals surface area contributed by atoms with Crippen LogP contribution < -0.4 is 0 Å². The Morgan fingerprint density at radius 1 is 0.593 bits per heavy atom. The predicted molar refractivity (Wildman–Crippen MR) is 105 cm³/mol. The summed E-state index contributed by atoms with van der Waals surface area (Å²) in [6.07, 6.45) is 23.2. The standard InChI is InChI=1S/C23H33N2.ClH.Cu/c1-2-25(23-12-19-6-20(13-23)8-21(7-19)14-23)15-24(1)22-9-16-3-17(10-22)5-18(4-16)11-22;;/h1-2,15-21H,3-14H2;1H;/q-1;;+2/p-1.